The lowest BCUT2D eigenvalue weighted by Crippen LogP contribution is -2.23. The zero-order chi connectivity index (χ0) is 11.5. The number of aromatic nitrogens is 1. The molecule has 0 spiro atoms. The number of nitrogens with zero attached hydrogens (tertiary/aromatic N) is 1. The number of hydrogen-bond acceptors (Lipinski definition) is 3. The molecule has 1 saturated carbocycles. The Hall–Kier alpha value is -0.830. The van der Waals surface area contributed by atoms with E-state index in [4.69, 9.17) is 9.40 Å². The predicted octanol–water partition coefficient (Wildman–Crippen LogP) is 3.02. The van der Waals surface area contributed by atoms with Gasteiger partial charge in [0.15, 0.2) is 5.89 Å². The first-order chi connectivity index (χ1) is 8.42. The molecule has 94 valence electrons. The highest BCUT2D eigenvalue weighted by molar-refractivity contribution is 5.06. The Morgan fingerprint density at radius 1 is 1.18 bits per heavy atom. The van der Waals surface area contributed by atoms with Crippen molar-refractivity contribution in [2.24, 2.45) is 0 Å². The first kappa shape index (κ1) is 11.3. The summed E-state index contributed by atoms with van der Waals surface area (Å²) in [4.78, 5) is 4.69. The summed E-state index contributed by atoms with van der Waals surface area (Å²) in [7, 11) is 0. The molecule has 0 aromatic carbocycles. The summed E-state index contributed by atoms with van der Waals surface area (Å²) >= 11 is 0. The van der Waals surface area contributed by atoms with E-state index < -0.39 is 0 Å². The van der Waals surface area contributed by atoms with E-state index in [-0.39, 0.29) is 0 Å². The molecule has 1 N–H and O–H groups in total. The minimum Gasteiger partial charge on any atom is -0.449 e. The Balaban J connectivity index is 1.60. The van der Waals surface area contributed by atoms with E-state index in [2.05, 4.69) is 5.32 Å². The van der Waals surface area contributed by atoms with Gasteiger partial charge in [0.25, 0.3) is 0 Å². The minimum absolute atomic E-state index is 0.591. The summed E-state index contributed by atoms with van der Waals surface area (Å²) in [6.45, 7) is 1.15. The lowest BCUT2D eigenvalue weighted by molar-refractivity contribution is 0.434. The van der Waals surface area contributed by atoms with Crippen LogP contribution in [0.2, 0.25) is 0 Å². The monoisotopic (exact) mass is 234 g/mol. The lowest BCUT2D eigenvalue weighted by atomic mass is 9.87. The summed E-state index contributed by atoms with van der Waals surface area (Å²) in [5.74, 6) is 1.60. The summed E-state index contributed by atoms with van der Waals surface area (Å²) in [5, 5.41) is 3.49. The molecule has 1 saturated heterocycles. The summed E-state index contributed by atoms with van der Waals surface area (Å²) in [6, 6.07) is 0.591. The molecule has 3 rings (SSSR count). The third-order valence-corrected chi connectivity index (χ3v) is 4.18. The van der Waals surface area contributed by atoms with Gasteiger partial charge in [-0.3, -0.25) is 0 Å². The van der Waals surface area contributed by atoms with Crippen LogP contribution in [0.5, 0.6) is 0 Å². The van der Waals surface area contributed by atoms with Crippen LogP contribution in [0, 0.1) is 0 Å². The topological polar surface area (TPSA) is 38.1 Å². The summed E-state index contributed by atoms with van der Waals surface area (Å²) in [5.41, 5.74) is 1.21. The molecule has 1 aliphatic carbocycles. The average molecular weight is 234 g/mol. The number of rotatable bonds is 3. The molecule has 2 aliphatic rings. The molecule has 2 heterocycles. The van der Waals surface area contributed by atoms with Gasteiger partial charge in [-0.1, -0.05) is 19.3 Å². The van der Waals surface area contributed by atoms with Crippen LogP contribution >= 0.6 is 0 Å². The minimum atomic E-state index is 0.591. The zero-order valence-corrected chi connectivity index (χ0v) is 10.5. The van der Waals surface area contributed by atoms with Crippen LogP contribution in [-0.4, -0.2) is 17.6 Å². The van der Waals surface area contributed by atoms with Crippen LogP contribution in [0.3, 0.4) is 0 Å². The van der Waals surface area contributed by atoms with Crippen molar-refractivity contribution in [1.29, 1.82) is 0 Å². The first-order valence-corrected chi connectivity index (χ1v) is 7.09. The SMILES string of the molecule is c1oc(CC2CCCN2)nc1C1CCCCC1. The fourth-order valence-electron chi connectivity index (χ4n) is 3.15. The quantitative estimate of drug-likeness (QED) is 0.873. The van der Waals surface area contributed by atoms with Crippen molar-refractivity contribution in [3.05, 3.63) is 17.8 Å². The van der Waals surface area contributed by atoms with Crippen molar-refractivity contribution in [3.63, 3.8) is 0 Å². The second kappa shape index (κ2) is 5.21. The lowest BCUT2D eigenvalue weighted by Gasteiger charge is -2.18. The van der Waals surface area contributed by atoms with Crippen LogP contribution in [0.25, 0.3) is 0 Å². The van der Waals surface area contributed by atoms with E-state index in [1.54, 1.807) is 0 Å². The van der Waals surface area contributed by atoms with Crippen molar-refractivity contribution in [1.82, 2.24) is 10.3 Å². The molecule has 0 bridgehead atoms. The molecule has 17 heavy (non-hydrogen) atoms. The number of hydrogen-bond donors (Lipinski definition) is 1. The molecule has 2 fully saturated rings. The van der Waals surface area contributed by atoms with E-state index in [1.165, 1.54) is 50.6 Å². The molecule has 1 aromatic rings. The number of nitrogens with one attached hydrogen (secondary N) is 1. The van der Waals surface area contributed by atoms with Gasteiger partial charge >= 0.3 is 0 Å². The van der Waals surface area contributed by atoms with Crippen LogP contribution in [0.1, 0.15) is 62.4 Å². The van der Waals surface area contributed by atoms with Gasteiger partial charge in [0, 0.05) is 18.4 Å². The van der Waals surface area contributed by atoms with Gasteiger partial charge in [-0.05, 0) is 32.2 Å². The second-order valence-electron chi connectivity index (χ2n) is 5.50. The van der Waals surface area contributed by atoms with Crippen LogP contribution in [0.4, 0.5) is 0 Å². The Morgan fingerprint density at radius 3 is 2.82 bits per heavy atom. The molecule has 1 unspecified atom stereocenters. The fraction of sp³-hybridized carbons (Fsp3) is 0.786. The third kappa shape index (κ3) is 2.71. The van der Waals surface area contributed by atoms with Crippen molar-refractivity contribution in [3.8, 4) is 0 Å². The van der Waals surface area contributed by atoms with E-state index in [1.807, 2.05) is 6.26 Å². The van der Waals surface area contributed by atoms with Crippen LogP contribution in [0.15, 0.2) is 10.7 Å². The van der Waals surface area contributed by atoms with E-state index in [9.17, 15) is 0 Å². The average Bonchev–Trinajstić information content (AvgIpc) is 3.02. The maximum atomic E-state index is 5.63. The first-order valence-electron chi connectivity index (χ1n) is 7.09. The molecule has 3 nitrogen and oxygen atoms in total. The van der Waals surface area contributed by atoms with Crippen LogP contribution in [-0.2, 0) is 6.42 Å². The Labute approximate surface area is 103 Å². The molecule has 1 aliphatic heterocycles. The molecule has 1 aromatic heterocycles. The van der Waals surface area contributed by atoms with Gasteiger partial charge in [0.1, 0.15) is 6.26 Å². The van der Waals surface area contributed by atoms with Gasteiger partial charge in [0.2, 0.25) is 0 Å². The standard InChI is InChI=1S/C14H22N2O/c1-2-5-11(6-3-1)13-10-17-14(16-13)9-12-7-4-8-15-12/h10-12,15H,1-9H2. The Bertz CT molecular complexity index is 349. The van der Waals surface area contributed by atoms with Crippen molar-refractivity contribution < 1.29 is 4.42 Å². The van der Waals surface area contributed by atoms with Gasteiger partial charge in [-0.15, -0.1) is 0 Å². The molecular formula is C14H22N2O. The number of oxazole rings is 1. The second-order valence-corrected chi connectivity index (χ2v) is 5.50. The smallest absolute Gasteiger partial charge is 0.195 e. The highest BCUT2D eigenvalue weighted by Crippen LogP contribution is 2.32. The van der Waals surface area contributed by atoms with Gasteiger partial charge in [0.05, 0.1) is 5.69 Å². The third-order valence-electron chi connectivity index (χ3n) is 4.18. The molecular weight excluding hydrogens is 212 g/mol. The molecule has 0 radical (unpaired) electrons. The Kier molecular flexibility index (Phi) is 3.46. The summed E-state index contributed by atoms with van der Waals surface area (Å²) < 4.78 is 5.63. The molecule has 0 amide bonds. The van der Waals surface area contributed by atoms with Crippen LogP contribution < -0.4 is 5.32 Å². The normalized spacial score (nSPS) is 26.5. The van der Waals surface area contributed by atoms with E-state index >= 15 is 0 Å². The van der Waals surface area contributed by atoms with Gasteiger partial charge < -0.3 is 9.73 Å². The highest BCUT2D eigenvalue weighted by atomic mass is 16.3. The molecule has 3 heteroatoms. The van der Waals surface area contributed by atoms with E-state index in [0.717, 1.165) is 18.9 Å². The fourth-order valence-corrected chi connectivity index (χ4v) is 3.15. The predicted molar refractivity (Wildman–Crippen MR) is 67.1 cm³/mol. The van der Waals surface area contributed by atoms with Gasteiger partial charge in [-0.2, -0.15) is 0 Å². The van der Waals surface area contributed by atoms with Crippen molar-refractivity contribution in [2.75, 3.05) is 6.54 Å². The Morgan fingerprint density at radius 2 is 2.06 bits per heavy atom. The van der Waals surface area contributed by atoms with Crippen molar-refractivity contribution in [2.45, 2.75) is 63.3 Å². The largest absolute Gasteiger partial charge is 0.449 e. The maximum Gasteiger partial charge on any atom is 0.195 e. The van der Waals surface area contributed by atoms with E-state index in [0.29, 0.717) is 12.0 Å². The summed E-state index contributed by atoms with van der Waals surface area (Å²) in [6.07, 6.45) is 12.1. The maximum absolute atomic E-state index is 5.63. The zero-order valence-electron chi connectivity index (χ0n) is 10.5. The highest BCUT2D eigenvalue weighted by Gasteiger charge is 2.21. The van der Waals surface area contributed by atoms with Gasteiger partial charge in [-0.25, -0.2) is 4.98 Å². The van der Waals surface area contributed by atoms with Crippen molar-refractivity contribution >= 4 is 0 Å². The molecule has 1 atom stereocenters.